The molecule has 0 N–H and O–H groups in total. The van der Waals surface area contributed by atoms with Crippen LogP contribution in [0.5, 0.6) is 0 Å². The second kappa shape index (κ2) is 6.92. The van der Waals surface area contributed by atoms with Crippen LogP contribution in [0.4, 0.5) is 0 Å². The number of pyridine rings is 1. The van der Waals surface area contributed by atoms with Crippen LogP contribution in [-0.2, 0) is 16.0 Å². The maximum absolute atomic E-state index is 12.0. The lowest BCUT2D eigenvalue weighted by atomic mass is 10.0. The van der Waals surface area contributed by atoms with E-state index in [9.17, 15) is 9.59 Å². The first-order valence-corrected chi connectivity index (χ1v) is 6.49. The minimum absolute atomic E-state index is 0.0178. The summed E-state index contributed by atoms with van der Waals surface area (Å²) in [5.74, 6) is -0.383. The molecule has 0 fully saturated rings. The Morgan fingerprint density at radius 1 is 1.47 bits per heavy atom. The lowest BCUT2D eigenvalue weighted by molar-refractivity contribution is -0.148. The van der Waals surface area contributed by atoms with Crippen LogP contribution >= 0.6 is 0 Å². The van der Waals surface area contributed by atoms with Gasteiger partial charge in [0.15, 0.2) is 0 Å². The predicted octanol–water partition coefficient (Wildman–Crippen LogP) is 2.34. The van der Waals surface area contributed by atoms with Crippen molar-refractivity contribution in [3.05, 3.63) is 46.9 Å². The van der Waals surface area contributed by atoms with Gasteiger partial charge in [-0.25, -0.2) is 4.79 Å². The van der Waals surface area contributed by atoms with Gasteiger partial charge in [-0.3, -0.25) is 4.79 Å². The fourth-order valence-corrected chi connectivity index (χ4v) is 1.99. The van der Waals surface area contributed by atoms with Gasteiger partial charge in [-0.2, -0.15) is 0 Å². The van der Waals surface area contributed by atoms with Gasteiger partial charge in [0, 0.05) is 12.3 Å². The Morgan fingerprint density at radius 3 is 2.68 bits per heavy atom. The topological polar surface area (TPSA) is 48.3 Å². The van der Waals surface area contributed by atoms with Crippen LogP contribution in [0, 0.1) is 5.92 Å². The molecule has 0 saturated heterocycles. The molecule has 1 unspecified atom stereocenters. The van der Waals surface area contributed by atoms with Crippen molar-refractivity contribution in [1.29, 1.82) is 0 Å². The van der Waals surface area contributed by atoms with Gasteiger partial charge in [-0.05, 0) is 24.8 Å². The van der Waals surface area contributed by atoms with Gasteiger partial charge in [0.25, 0.3) is 5.56 Å². The summed E-state index contributed by atoms with van der Waals surface area (Å²) in [6.45, 7) is 9.53. The molecule has 0 aliphatic rings. The molecule has 1 aromatic heterocycles. The summed E-state index contributed by atoms with van der Waals surface area (Å²) in [4.78, 5) is 24.0. The van der Waals surface area contributed by atoms with Crippen molar-refractivity contribution in [2.45, 2.75) is 33.2 Å². The molecule has 0 aliphatic heterocycles. The van der Waals surface area contributed by atoms with Crippen LogP contribution in [0.25, 0.3) is 0 Å². The molecule has 0 aromatic carbocycles. The maximum atomic E-state index is 12.0. The largest absolute Gasteiger partial charge is 0.464 e. The molecule has 0 aliphatic carbocycles. The molecule has 1 atom stereocenters. The normalized spacial score (nSPS) is 12.2. The van der Waals surface area contributed by atoms with Crippen LogP contribution in [0.3, 0.4) is 0 Å². The molecule has 0 amide bonds. The van der Waals surface area contributed by atoms with E-state index < -0.39 is 6.04 Å². The predicted molar refractivity (Wildman–Crippen MR) is 75.1 cm³/mol. The first kappa shape index (κ1) is 15.2. The van der Waals surface area contributed by atoms with Crippen LogP contribution < -0.4 is 5.56 Å². The molecule has 0 radical (unpaired) electrons. The Balaban J connectivity index is 3.21. The average molecular weight is 263 g/mol. The Bertz CT molecular complexity index is 502. The average Bonchev–Trinajstić information content (AvgIpc) is 2.33. The van der Waals surface area contributed by atoms with Gasteiger partial charge < -0.3 is 9.30 Å². The quantitative estimate of drug-likeness (QED) is 0.584. The number of hydrogen-bond acceptors (Lipinski definition) is 3. The zero-order chi connectivity index (χ0) is 14.4. The summed E-state index contributed by atoms with van der Waals surface area (Å²) in [6.07, 6.45) is 4.14. The number of rotatable bonds is 6. The molecular formula is C15H21NO3. The van der Waals surface area contributed by atoms with E-state index in [1.807, 2.05) is 13.8 Å². The third-order valence-electron chi connectivity index (χ3n) is 2.84. The summed E-state index contributed by atoms with van der Waals surface area (Å²) < 4.78 is 6.52. The standard InChI is InChI=1S/C15H21NO3/c1-5-7-12-8-9-13(17)16(10-12)14(11(3)4)15(18)19-6-2/h5,8-11,14H,1,6-7H2,2-4H3. The summed E-state index contributed by atoms with van der Waals surface area (Å²) in [5.41, 5.74) is 0.754. The van der Waals surface area contributed by atoms with Gasteiger partial charge >= 0.3 is 5.97 Å². The van der Waals surface area contributed by atoms with E-state index in [0.717, 1.165) is 5.56 Å². The molecule has 104 valence electrons. The Labute approximate surface area is 113 Å². The lowest BCUT2D eigenvalue weighted by Gasteiger charge is -2.22. The molecule has 4 heteroatoms. The van der Waals surface area contributed by atoms with Gasteiger partial charge in [0.2, 0.25) is 0 Å². The van der Waals surface area contributed by atoms with Crippen molar-refractivity contribution in [2.75, 3.05) is 6.61 Å². The zero-order valence-corrected chi connectivity index (χ0v) is 11.8. The number of carbonyl (C=O) groups is 1. The van der Waals surface area contributed by atoms with Crippen LogP contribution in [0.15, 0.2) is 35.8 Å². The second-order valence-corrected chi connectivity index (χ2v) is 4.72. The third-order valence-corrected chi connectivity index (χ3v) is 2.84. The SMILES string of the molecule is C=CCc1ccc(=O)n(C(C(=O)OCC)C(C)C)c1. The monoisotopic (exact) mass is 263 g/mol. The van der Waals surface area contributed by atoms with Crippen molar-refractivity contribution in [2.24, 2.45) is 5.92 Å². The zero-order valence-electron chi connectivity index (χ0n) is 11.8. The number of carbonyl (C=O) groups excluding carboxylic acids is 1. The molecule has 1 heterocycles. The van der Waals surface area contributed by atoms with Crippen LogP contribution in [0.1, 0.15) is 32.4 Å². The molecule has 4 nitrogen and oxygen atoms in total. The van der Waals surface area contributed by atoms with Crippen molar-refractivity contribution in [3.63, 3.8) is 0 Å². The van der Waals surface area contributed by atoms with E-state index in [4.69, 9.17) is 4.74 Å². The minimum Gasteiger partial charge on any atom is -0.464 e. The highest BCUT2D eigenvalue weighted by Gasteiger charge is 2.26. The van der Waals surface area contributed by atoms with E-state index in [1.54, 1.807) is 25.3 Å². The Morgan fingerprint density at radius 2 is 2.16 bits per heavy atom. The van der Waals surface area contributed by atoms with Crippen molar-refractivity contribution in [1.82, 2.24) is 4.57 Å². The van der Waals surface area contributed by atoms with Gasteiger partial charge in [0.05, 0.1) is 6.61 Å². The number of allylic oxidation sites excluding steroid dienone is 1. The number of aromatic nitrogens is 1. The minimum atomic E-state index is -0.586. The fourth-order valence-electron chi connectivity index (χ4n) is 1.99. The highest BCUT2D eigenvalue weighted by Crippen LogP contribution is 2.18. The smallest absolute Gasteiger partial charge is 0.329 e. The van der Waals surface area contributed by atoms with E-state index >= 15 is 0 Å². The van der Waals surface area contributed by atoms with Gasteiger partial charge in [0.1, 0.15) is 6.04 Å². The van der Waals surface area contributed by atoms with E-state index in [2.05, 4.69) is 6.58 Å². The highest BCUT2D eigenvalue weighted by molar-refractivity contribution is 5.74. The van der Waals surface area contributed by atoms with E-state index in [-0.39, 0.29) is 17.4 Å². The molecule has 0 saturated carbocycles. The fraction of sp³-hybridized carbons (Fsp3) is 0.467. The van der Waals surface area contributed by atoms with E-state index in [0.29, 0.717) is 13.0 Å². The second-order valence-electron chi connectivity index (χ2n) is 4.72. The molecule has 0 spiro atoms. The summed E-state index contributed by atoms with van der Waals surface area (Å²) in [6, 6.07) is 2.65. The van der Waals surface area contributed by atoms with E-state index in [1.165, 1.54) is 10.6 Å². The number of ether oxygens (including phenoxy) is 1. The molecule has 1 aromatic rings. The number of nitrogens with zero attached hydrogens (tertiary/aromatic N) is 1. The van der Waals surface area contributed by atoms with Crippen LogP contribution in [-0.4, -0.2) is 17.1 Å². The van der Waals surface area contributed by atoms with Gasteiger partial charge in [-0.15, -0.1) is 6.58 Å². The Kier molecular flexibility index (Phi) is 5.55. The number of hydrogen-bond donors (Lipinski definition) is 0. The Hall–Kier alpha value is -1.84. The summed E-state index contributed by atoms with van der Waals surface area (Å²) in [5, 5.41) is 0. The molecular weight excluding hydrogens is 242 g/mol. The van der Waals surface area contributed by atoms with Gasteiger partial charge in [-0.1, -0.05) is 26.0 Å². The van der Waals surface area contributed by atoms with Crippen molar-refractivity contribution < 1.29 is 9.53 Å². The lowest BCUT2D eigenvalue weighted by Crippen LogP contribution is -2.34. The molecule has 19 heavy (non-hydrogen) atoms. The summed E-state index contributed by atoms with van der Waals surface area (Å²) >= 11 is 0. The van der Waals surface area contributed by atoms with Crippen molar-refractivity contribution in [3.8, 4) is 0 Å². The first-order chi connectivity index (χ1) is 9.01. The number of esters is 1. The third kappa shape index (κ3) is 3.81. The highest BCUT2D eigenvalue weighted by atomic mass is 16.5. The maximum Gasteiger partial charge on any atom is 0.329 e. The first-order valence-electron chi connectivity index (χ1n) is 6.49. The summed E-state index contributed by atoms with van der Waals surface area (Å²) in [7, 11) is 0. The molecule has 1 rings (SSSR count). The van der Waals surface area contributed by atoms with Crippen LogP contribution in [0.2, 0.25) is 0 Å². The van der Waals surface area contributed by atoms with Crippen molar-refractivity contribution >= 4 is 5.97 Å². The molecule has 0 bridgehead atoms.